The first-order valence-electron chi connectivity index (χ1n) is 9.73. The molecule has 0 radical (unpaired) electrons. The molecule has 3 rings (SSSR count). The fraction of sp³-hybridized carbons (Fsp3) is 0.476. The molecule has 29 heavy (non-hydrogen) atoms. The molecule has 2 aromatic rings. The summed E-state index contributed by atoms with van der Waals surface area (Å²) < 4.78 is 38.6. The molecule has 1 aromatic heterocycles. The number of rotatable bonds is 5. The van der Waals surface area contributed by atoms with Crippen LogP contribution in [0.2, 0.25) is 0 Å². The van der Waals surface area contributed by atoms with Crippen molar-refractivity contribution < 1.29 is 18.0 Å². The summed E-state index contributed by atoms with van der Waals surface area (Å²) in [4.78, 5) is 21.8. The van der Waals surface area contributed by atoms with E-state index in [1.807, 2.05) is 36.1 Å². The van der Waals surface area contributed by atoms with Gasteiger partial charge in [0.25, 0.3) is 0 Å². The second kappa shape index (κ2) is 8.80. The van der Waals surface area contributed by atoms with Gasteiger partial charge in [0, 0.05) is 37.8 Å². The van der Waals surface area contributed by atoms with Crippen LogP contribution in [-0.2, 0) is 11.2 Å². The van der Waals surface area contributed by atoms with E-state index in [4.69, 9.17) is 0 Å². The normalized spacial score (nSPS) is 16.5. The topological polar surface area (TPSA) is 58.1 Å². The van der Waals surface area contributed by atoms with Gasteiger partial charge >= 0.3 is 6.18 Å². The van der Waals surface area contributed by atoms with E-state index >= 15 is 0 Å². The molecule has 1 fully saturated rings. The third-order valence-corrected chi connectivity index (χ3v) is 5.12. The number of hydrogen-bond acceptors (Lipinski definition) is 4. The van der Waals surface area contributed by atoms with Crippen molar-refractivity contribution in [3.8, 4) is 11.3 Å². The fourth-order valence-electron chi connectivity index (χ4n) is 3.63. The number of hydrogen-bond donors (Lipinski definition) is 1. The average molecular weight is 406 g/mol. The van der Waals surface area contributed by atoms with Crippen LogP contribution < -0.4 is 10.2 Å². The number of amides is 1. The highest BCUT2D eigenvalue weighted by Crippen LogP contribution is 2.35. The summed E-state index contributed by atoms with van der Waals surface area (Å²) >= 11 is 0. The number of benzene rings is 1. The minimum Gasteiger partial charge on any atom is -0.354 e. The van der Waals surface area contributed by atoms with Gasteiger partial charge in [-0.2, -0.15) is 13.2 Å². The monoisotopic (exact) mass is 406 g/mol. The number of halogens is 3. The first-order valence-corrected chi connectivity index (χ1v) is 9.73. The van der Waals surface area contributed by atoms with Gasteiger partial charge in [0.1, 0.15) is 0 Å². The maximum absolute atomic E-state index is 12.9. The molecule has 1 aliphatic rings. The molecule has 1 amide bonds. The van der Waals surface area contributed by atoms with Gasteiger partial charge in [-0.15, -0.1) is 0 Å². The second-order valence-electron chi connectivity index (χ2n) is 7.55. The summed E-state index contributed by atoms with van der Waals surface area (Å²) in [5, 5.41) is 2.86. The molecule has 0 bridgehead atoms. The van der Waals surface area contributed by atoms with Crippen LogP contribution >= 0.6 is 0 Å². The number of carbonyl (C=O) groups is 1. The summed E-state index contributed by atoms with van der Waals surface area (Å²) in [6.45, 7) is 4.05. The summed E-state index contributed by atoms with van der Waals surface area (Å²) in [5.41, 5.74) is 2.74. The van der Waals surface area contributed by atoms with Gasteiger partial charge in [0.05, 0.1) is 11.6 Å². The van der Waals surface area contributed by atoms with Crippen molar-refractivity contribution in [2.24, 2.45) is 5.92 Å². The maximum atomic E-state index is 12.9. The smallest absolute Gasteiger partial charge is 0.354 e. The first-order chi connectivity index (χ1) is 13.7. The number of nitrogens with one attached hydrogen (secondary N) is 1. The van der Waals surface area contributed by atoms with Crippen molar-refractivity contribution in [2.75, 3.05) is 18.0 Å². The first kappa shape index (κ1) is 21.1. The Morgan fingerprint density at radius 2 is 1.86 bits per heavy atom. The number of aromatic nitrogens is 2. The predicted molar refractivity (Wildman–Crippen MR) is 105 cm³/mol. The largest absolute Gasteiger partial charge is 0.391 e. The van der Waals surface area contributed by atoms with E-state index in [9.17, 15) is 18.0 Å². The molecule has 156 valence electrons. The Labute approximate surface area is 168 Å². The number of nitrogens with zero attached hydrogens (tertiary/aromatic N) is 3. The van der Waals surface area contributed by atoms with Crippen LogP contribution in [0.15, 0.2) is 36.5 Å². The molecule has 0 saturated carbocycles. The van der Waals surface area contributed by atoms with Crippen LogP contribution in [0.1, 0.15) is 32.3 Å². The van der Waals surface area contributed by atoms with Crippen molar-refractivity contribution in [1.29, 1.82) is 0 Å². The Hall–Kier alpha value is -2.64. The van der Waals surface area contributed by atoms with Gasteiger partial charge in [-0.25, -0.2) is 9.97 Å². The van der Waals surface area contributed by atoms with E-state index in [0.717, 1.165) is 23.2 Å². The van der Waals surface area contributed by atoms with E-state index in [1.165, 1.54) is 6.92 Å². The number of carbonyl (C=O) groups excluding carboxylic acids is 1. The van der Waals surface area contributed by atoms with Crippen LogP contribution in [-0.4, -0.2) is 41.2 Å². The van der Waals surface area contributed by atoms with E-state index in [-0.39, 0.29) is 24.8 Å². The Morgan fingerprint density at radius 1 is 1.21 bits per heavy atom. The van der Waals surface area contributed by atoms with E-state index < -0.39 is 12.1 Å². The second-order valence-corrected chi connectivity index (χ2v) is 7.55. The zero-order valence-electron chi connectivity index (χ0n) is 16.5. The molecule has 0 spiro atoms. The SMILES string of the molecule is CC(=O)NC(C)Cc1ccc(-c2ccnc(N3CCC(C(F)(F)F)CC3)n2)cc1. The van der Waals surface area contributed by atoms with Crippen molar-refractivity contribution in [1.82, 2.24) is 15.3 Å². The summed E-state index contributed by atoms with van der Waals surface area (Å²) in [6.07, 6.45) is -1.63. The minimum absolute atomic E-state index is 0.0450. The minimum atomic E-state index is -4.13. The molecule has 1 atom stereocenters. The molecule has 1 N–H and O–H groups in total. The summed E-state index contributed by atoms with van der Waals surface area (Å²) in [6, 6.07) is 9.73. The lowest BCUT2D eigenvalue weighted by atomic mass is 9.96. The molecular weight excluding hydrogens is 381 g/mol. The van der Waals surface area contributed by atoms with Gasteiger partial charge in [-0.1, -0.05) is 24.3 Å². The molecule has 8 heteroatoms. The van der Waals surface area contributed by atoms with E-state index in [1.54, 1.807) is 12.3 Å². The van der Waals surface area contributed by atoms with E-state index in [0.29, 0.717) is 19.0 Å². The molecule has 1 aromatic carbocycles. The molecule has 1 saturated heterocycles. The van der Waals surface area contributed by atoms with Gasteiger partial charge in [0.15, 0.2) is 0 Å². The highest BCUT2D eigenvalue weighted by atomic mass is 19.4. The van der Waals surface area contributed by atoms with Crippen LogP contribution in [0.4, 0.5) is 19.1 Å². The third-order valence-electron chi connectivity index (χ3n) is 5.12. The number of anilines is 1. The standard InChI is InChI=1S/C21H25F3N4O/c1-14(26-15(2)29)13-16-3-5-17(6-4-16)19-7-10-25-20(27-19)28-11-8-18(9-12-28)21(22,23)24/h3-7,10,14,18H,8-9,11-13H2,1-2H3,(H,26,29). The Morgan fingerprint density at radius 3 is 2.45 bits per heavy atom. The number of piperidine rings is 1. The zero-order valence-corrected chi connectivity index (χ0v) is 16.5. The fourth-order valence-corrected chi connectivity index (χ4v) is 3.63. The summed E-state index contributed by atoms with van der Waals surface area (Å²) in [5.74, 6) is -0.831. The van der Waals surface area contributed by atoms with Gasteiger partial charge in [0.2, 0.25) is 11.9 Å². The van der Waals surface area contributed by atoms with Crippen LogP contribution in [0.5, 0.6) is 0 Å². The highest BCUT2D eigenvalue weighted by Gasteiger charge is 2.41. The van der Waals surface area contributed by atoms with Crippen molar-refractivity contribution in [3.05, 3.63) is 42.1 Å². The molecule has 5 nitrogen and oxygen atoms in total. The van der Waals surface area contributed by atoms with E-state index in [2.05, 4.69) is 15.3 Å². The predicted octanol–water partition coefficient (Wildman–Crippen LogP) is 3.99. The van der Waals surface area contributed by atoms with Crippen molar-refractivity contribution in [2.45, 2.75) is 45.3 Å². The van der Waals surface area contributed by atoms with Crippen LogP contribution in [0.3, 0.4) is 0 Å². The lowest BCUT2D eigenvalue weighted by Crippen LogP contribution is -2.39. The highest BCUT2D eigenvalue weighted by molar-refractivity contribution is 5.73. The lowest BCUT2D eigenvalue weighted by Gasteiger charge is -2.32. The Bertz CT molecular complexity index is 831. The average Bonchev–Trinajstić information content (AvgIpc) is 2.67. The molecule has 1 unspecified atom stereocenters. The van der Waals surface area contributed by atoms with Crippen LogP contribution in [0, 0.1) is 5.92 Å². The molecule has 1 aliphatic heterocycles. The lowest BCUT2D eigenvalue weighted by molar-refractivity contribution is -0.179. The molecule has 2 heterocycles. The van der Waals surface area contributed by atoms with Gasteiger partial charge in [-0.3, -0.25) is 4.79 Å². The van der Waals surface area contributed by atoms with Gasteiger partial charge in [-0.05, 0) is 37.8 Å². The Kier molecular flexibility index (Phi) is 6.39. The zero-order chi connectivity index (χ0) is 21.0. The molecule has 0 aliphatic carbocycles. The quantitative estimate of drug-likeness (QED) is 0.816. The summed E-state index contributed by atoms with van der Waals surface area (Å²) in [7, 11) is 0. The van der Waals surface area contributed by atoms with Crippen molar-refractivity contribution >= 4 is 11.9 Å². The van der Waals surface area contributed by atoms with Crippen LogP contribution in [0.25, 0.3) is 11.3 Å². The third kappa shape index (κ3) is 5.68. The van der Waals surface area contributed by atoms with Crippen molar-refractivity contribution in [3.63, 3.8) is 0 Å². The maximum Gasteiger partial charge on any atom is 0.391 e. The Balaban J connectivity index is 1.66. The molecular formula is C21H25F3N4O. The number of alkyl halides is 3. The van der Waals surface area contributed by atoms with Gasteiger partial charge < -0.3 is 10.2 Å².